The van der Waals surface area contributed by atoms with Crippen molar-refractivity contribution in [2.24, 2.45) is 5.92 Å². The molecule has 2 N–H and O–H groups in total. The van der Waals surface area contributed by atoms with Crippen molar-refractivity contribution in [1.29, 1.82) is 0 Å². The number of alkyl halides is 3. The molecule has 14 heteroatoms. The van der Waals surface area contributed by atoms with Crippen molar-refractivity contribution in [1.82, 2.24) is 24.7 Å². The van der Waals surface area contributed by atoms with Gasteiger partial charge >= 0.3 is 6.36 Å². The van der Waals surface area contributed by atoms with Crippen molar-refractivity contribution < 1.29 is 32.5 Å². The lowest BCUT2D eigenvalue weighted by molar-refractivity contribution is -0.274. The van der Waals surface area contributed by atoms with E-state index in [1.54, 1.807) is 10.6 Å². The first-order chi connectivity index (χ1) is 18.1. The second kappa shape index (κ2) is 11.3. The number of rotatable bonds is 5. The van der Waals surface area contributed by atoms with Crippen LogP contribution in [0.5, 0.6) is 11.5 Å². The van der Waals surface area contributed by atoms with Crippen LogP contribution in [0, 0.1) is 5.92 Å². The highest BCUT2D eigenvalue weighted by atomic mass is 19.4. The Labute approximate surface area is 217 Å². The number of ether oxygens (including phenoxy) is 2. The summed E-state index contributed by atoms with van der Waals surface area (Å²) in [6.07, 6.45) is -2.60. The van der Waals surface area contributed by atoms with Crippen LogP contribution in [0.2, 0.25) is 0 Å². The molecule has 0 bridgehead atoms. The smallest absolute Gasteiger partial charge is 0.485 e. The SMILES string of the molecule is CC1COc2c(NCC3CCN(C)CC3)nn3c(-c4cccc(OC(F)(F)F)c4)nnc3c2N1C.O=CO. The van der Waals surface area contributed by atoms with E-state index in [4.69, 9.17) is 19.7 Å². The van der Waals surface area contributed by atoms with Gasteiger partial charge in [-0.05, 0) is 58.0 Å². The fourth-order valence-corrected chi connectivity index (χ4v) is 4.51. The minimum Gasteiger partial charge on any atom is -0.485 e. The fraction of sp³-hybridized carbons (Fsp3) is 0.500. The number of anilines is 2. The van der Waals surface area contributed by atoms with Crippen molar-refractivity contribution in [2.45, 2.75) is 32.2 Å². The van der Waals surface area contributed by atoms with Crippen molar-refractivity contribution in [3.63, 3.8) is 0 Å². The van der Waals surface area contributed by atoms with Crippen LogP contribution in [0.4, 0.5) is 24.7 Å². The van der Waals surface area contributed by atoms with Crippen LogP contribution in [-0.4, -0.2) is 89.0 Å². The predicted molar refractivity (Wildman–Crippen MR) is 134 cm³/mol. The van der Waals surface area contributed by atoms with E-state index in [1.807, 2.05) is 14.0 Å². The van der Waals surface area contributed by atoms with Crippen LogP contribution in [0.25, 0.3) is 17.0 Å². The van der Waals surface area contributed by atoms with Gasteiger partial charge in [0.2, 0.25) is 5.65 Å². The molecule has 0 saturated carbocycles. The molecule has 4 heterocycles. The molecule has 1 unspecified atom stereocenters. The van der Waals surface area contributed by atoms with Crippen molar-refractivity contribution >= 4 is 23.6 Å². The molecule has 2 aliphatic rings. The van der Waals surface area contributed by atoms with E-state index in [0.29, 0.717) is 41.1 Å². The number of fused-ring (bicyclic) bond motifs is 3. The number of hydrogen-bond donors (Lipinski definition) is 2. The van der Waals surface area contributed by atoms with Gasteiger partial charge in [-0.15, -0.1) is 28.5 Å². The number of aromatic nitrogens is 4. The van der Waals surface area contributed by atoms with Gasteiger partial charge < -0.3 is 29.7 Å². The summed E-state index contributed by atoms with van der Waals surface area (Å²) in [5.74, 6) is 1.66. The normalized spacial score (nSPS) is 18.3. The van der Waals surface area contributed by atoms with E-state index in [-0.39, 0.29) is 18.3 Å². The maximum Gasteiger partial charge on any atom is 0.573 e. The standard InChI is InChI=1S/C23H28F3N7O2.CH2O2/c1-14-13-34-19-18(32(14)3)22-29-28-21(16-5-4-6-17(11-16)35-23(24,25)26)33(22)30-20(19)27-12-15-7-9-31(2)10-8-15;2-1-3/h4-6,11,14-15H,7-10,12-13H2,1-3H3,(H,27,30);1H,(H,2,3). The molecule has 1 fully saturated rings. The van der Waals surface area contributed by atoms with E-state index in [9.17, 15) is 13.2 Å². The van der Waals surface area contributed by atoms with E-state index in [2.05, 4.69) is 37.1 Å². The van der Waals surface area contributed by atoms with Gasteiger partial charge in [0.15, 0.2) is 17.4 Å². The van der Waals surface area contributed by atoms with Gasteiger partial charge in [0.1, 0.15) is 18.0 Å². The van der Waals surface area contributed by atoms with Gasteiger partial charge in [0.05, 0.1) is 6.04 Å². The lowest BCUT2D eigenvalue weighted by atomic mass is 9.97. The maximum atomic E-state index is 12.8. The molecule has 0 amide bonds. The largest absolute Gasteiger partial charge is 0.573 e. The summed E-state index contributed by atoms with van der Waals surface area (Å²) in [7, 11) is 4.08. The number of likely N-dealkylation sites (N-methyl/N-ethyl adjacent to an activating group) is 1. The van der Waals surface area contributed by atoms with Crippen LogP contribution in [0.1, 0.15) is 19.8 Å². The summed E-state index contributed by atoms with van der Waals surface area (Å²) in [6, 6.07) is 5.74. The van der Waals surface area contributed by atoms with Gasteiger partial charge in [-0.1, -0.05) is 12.1 Å². The Morgan fingerprint density at radius 3 is 2.63 bits per heavy atom. The third-order valence-corrected chi connectivity index (χ3v) is 6.69. The van der Waals surface area contributed by atoms with Crippen LogP contribution in [0.15, 0.2) is 24.3 Å². The molecule has 38 heavy (non-hydrogen) atoms. The summed E-state index contributed by atoms with van der Waals surface area (Å²) in [5, 5.41) is 23.7. The monoisotopic (exact) mass is 537 g/mol. The molecule has 3 aromatic rings. The van der Waals surface area contributed by atoms with Crippen molar-refractivity contribution in [3.8, 4) is 22.9 Å². The summed E-state index contributed by atoms with van der Waals surface area (Å²) in [4.78, 5) is 12.8. The highest BCUT2D eigenvalue weighted by Gasteiger charge is 2.32. The van der Waals surface area contributed by atoms with Crippen molar-refractivity contribution in [3.05, 3.63) is 24.3 Å². The highest BCUT2D eigenvalue weighted by Crippen LogP contribution is 2.42. The minimum absolute atomic E-state index is 0.0964. The van der Waals surface area contributed by atoms with E-state index in [1.165, 1.54) is 18.2 Å². The van der Waals surface area contributed by atoms with Gasteiger partial charge in [-0.2, -0.15) is 4.52 Å². The number of benzene rings is 1. The second-order valence-corrected chi connectivity index (χ2v) is 9.36. The topological polar surface area (TPSA) is 117 Å². The van der Waals surface area contributed by atoms with E-state index in [0.717, 1.165) is 38.2 Å². The first-order valence-electron chi connectivity index (χ1n) is 12.1. The molecule has 5 rings (SSSR count). The van der Waals surface area contributed by atoms with E-state index < -0.39 is 6.36 Å². The number of nitrogens with one attached hydrogen (secondary N) is 1. The molecule has 1 aromatic carbocycles. The zero-order chi connectivity index (χ0) is 27.4. The number of halogens is 3. The molecule has 0 aliphatic carbocycles. The number of piperidine rings is 1. The molecular formula is C24H30F3N7O4. The lowest BCUT2D eigenvalue weighted by Gasteiger charge is -2.34. The third-order valence-electron chi connectivity index (χ3n) is 6.69. The van der Waals surface area contributed by atoms with Crippen molar-refractivity contribution in [2.75, 3.05) is 50.6 Å². The highest BCUT2D eigenvalue weighted by molar-refractivity contribution is 5.83. The Morgan fingerprint density at radius 2 is 1.95 bits per heavy atom. The molecule has 1 saturated heterocycles. The van der Waals surface area contributed by atoms with Crippen LogP contribution in [-0.2, 0) is 4.79 Å². The average Bonchev–Trinajstić information content (AvgIpc) is 3.29. The molecule has 1 atom stereocenters. The molecule has 206 valence electrons. The van der Waals surface area contributed by atoms with E-state index >= 15 is 0 Å². The maximum absolute atomic E-state index is 12.8. The Kier molecular flexibility index (Phi) is 8.09. The molecular weight excluding hydrogens is 507 g/mol. The lowest BCUT2D eigenvalue weighted by Crippen LogP contribution is -2.39. The zero-order valence-electron chi connectivity index (χ0n) is 21.3. The van der Waals surface area contributed by atoms with Gasteiger partial charge in [0, 0.05) is 19.2 Å². The minimum atomic E-state index is -4.79. The molecule has 11 nitrogen and oxygen atoms in total. The van der Waals surface area contributed by atoms with Gasteiger partial charge in [0.25, 0.3) is 6.47 Å². The first kappa shape index (κ1) is 27.2. The quantitative estimate of drug-likeness (QED) is 0.469. The molecule has 2 aliphatic heterocycles. The van der Waals surface area contributed by atoms with Crippen LogP contribution >= 0.6 is 0 Å². The first-order valence-corrected chi connectivity index (χ1v) is 12.1. The number of carbonyl (C=O) groups is 1. The summed E-state index contributed by atoms with van der Waals surface area (Å²) >= 11 is 0. The number of carboxylic acid groups (broad SMARTS) is 1. The molecule has 2 aromatic heterocycles. The summed E-state index contributed by atoms with van der Waals surface area (Å²) < 4.78 is 50.0. The Balaban J connectivity index is 0.00000107. The second-order valence-electron chi connectivity index (χ2n) is 9.36. The number of hydrogen-bond acceptors (Lipinski definition) is 9. The number of likely N-dealkylation sites (tertiary alicyclic amines) is 1. The Morgan fingerprint density at radius 1 is 1.24 bits per heavy atom. The Bertz CT molecular complexity index is 1260. The van der Waals surface area contributed by atoms with Crippen LogP contribution < -0.4 is 19.7 Å². The molecule has 0 spiro atoms. The average molecular weight is 538 g/mol. The number of nitrogens with zero attached hydrogens (tertiary/aromatic N) is 6. The summed E-state index contributed by atoms with van der Waals surface area (Å²) in [6.45, 7) is 5.15. The van der Waals surface area contributed by atoms with Gasteiger partial charge in [-0.25, -0.2) is 0 Å². The van der Waals surface area contributed by atoms with Crippen LogP contribution in [0.3, 0.4) is 0 Å². The zero-order valence-corrected chi connectivity index (χ0v) is 21.3. The fourth-order valence-electron chi connectivity index (χ4n) is 4.51. The summed E-state index contributed by atoms with van der Waals surface area (Å²) in [5.41, 5.74) is 1.61. The molecule has 0 radical (unpaired) electrons. The predicted octanol–water partition coefficient (Wildman–Crippen LogP) is 3.36. The third kappa shape index (κ3) is 6.01. The Hall–Kier alpha value is -3.81. The van der Waals surface area contributed by atoms with Gasteiger partial charge in [-0.3, -0.25) is 4.79 Å².